The average molecular weight is 238 g/mol. The molecular formula is C13H18O4. The van der Waals surface area contributed by atoms with E-state index in [0.717, 1.165) is 0 Å². The lowest BCUT2D eigenvalue weighted by atomic mass is 10.1. The van der Waals surface area contributed by atoms with E-state index < -0.39 is 5.60 Å². The van der Waals surface area contributed by atoms with Gasteiger partial charge in [0.25, 0.3) is 0 Å². The number of carbonyl (C=O) groups is 1. The highest BCUT2D eigenvalue weighted by atomic mass is 16.5. The van der Waals surface area contributed by atoms with Gasteiger partial charge in [0.15, 0.2) is 5.78 Å². The second-order valence-electron chi connectivity index (χ2n) is 4.52. The Labute approximate surface area is 101 Å². The van der Waals surface area contributed by atoms with Gasteiger partial charge < -0.3 is 14.6 Å². The topological polar surface area (TPSA) is 55.8 Å². The lowest BCUT2D eigenvalue weighted by molar-refractivity contribution is 0.0280. The number of rotatable bonds is 5. The number of ketones is 1. The molecule has 4 nitrogen and oxygen atoms in total. The Bertz CT molecular complexity index is 404. The van der Waals surface area contributed by atoms with Gasteiger partial charge in [-0.2, -0.15) is 0 Å². The fraction of sp³-hybridized carbons (Fsp3) is 0.462. The maximum atomic E-state index is 11.4. The van der Waals surface area contributed by atoms with Crippen molar-refractivity contribution in [3.63, 3.8) is 0 Å². The molecule has 0 saturated heterocycles. The minimum atomic E-state index is -0.947. The van der Waals surface area contributed by atoms with E-state index in [4.69, 9.17) is 9.47 Å². The van der Waals surface area contributed by atoms with E-state index in [1.54, 1.807) is 39.2 Å². The van der Waals surface area contributed by atoms with Gasteiger partial charge >= 0.3 is 0 Å². The summed E-state index contributed by atoms with van der Waals surface area (Å²) < 4.78 is 10.5. The summed E-state index contributed by atoms with van der Waals surface area (Å²) in [6, 6.07) is 5.00. The van der Waals surface area contributed by atoms with E-state index in [-0.39, 0.29) is 12.4 Å². The summed E-state index contributed by atoms with van der Waals surface area (Å²) in [7, 11) is 1.54. The highest BCUT2D eigenvalue weighted by Gasteiger charge is 2.16. The van der Waals surface area contributed by atoms with E-state index in [2.05, 4.69) is 0 Å². The smallest absolute Gasteiger partial charge is 0.163 e. The van der Waals surface area contributed by atoms with Gasteiger partial charge in [0, 0.05) is 6.07 Å². The van der Waals surface area contributed by atoms with Crippen LogP contribution in [0.4, 0.5) is 0 Å². The number of benzene rings is 1. The number of methoxy groups -OCH3 is 1. The van der Waals surface area contributed by atoms with Gasteiger partial charge in [-0.1, -0.05) is 0 Å². The zero-order valence-corrected chi connectivity index (χ0v) is 10.6. The first-order valence-electron chi connectivity index (χ1n) is 5.37. The zero-order valence-electron chi connectivity index (χ0n) is 10.6. The molecule has 1 N–H and O–H groups in total. The maximum absolute atomic E-state index is 11.4. The Kier molecular flexibility index (Phi) is 4.12. The zero-order chi connectivity index (χ0) is 13.1. The van der Waals surface area contributed by atoms with Crippen LogP contribution in [0.5, 0.6) is 11.5 Å². The van der Waals surface area contributed by atoms with Crippen molar-refractivity contribution in [1.82, 2.24) is 0 Å². The summed E-state index contributed by atoms with van der Waals surface area (Å²) in [6.45, 7) is 4.86. The van der Waals surface area contributed by atoms with Crippen LogP contribution in [0.3, 0.4) is 0 Å². The van der Waals surface area contributed by atoms with Crippen LogP contribution in [0, 0.1) is 0 Å². The van der Waals surface area contributed by atoms with Crippen LogP contribution in [0.2, 0.25) is 0 Å². The normalized spacial score (nSPS) is 11.1. The summed E-state index contributed by atoms with van der Waals surface area (Å²) in [5.41, 5.74) is -0.466. The lowest BCUT2D eigenvalue weighted by Gasteiger charge is -2.19. The summed E-state index contributed by atoms with van der Waals surface area (Å²) >= 11 is 0. The summed E-state index contributed by atoms with van der Waals surface area (Å²) in [4.78, 5) is 11.4. The third-order valence-corrected chi connectivity index (χ3v) is 2.15. The number of hydrogen-bond acceptors (Lipinski definition) is 4. The second-order valence-corrected chi connectivity index (χ2v) is 4.52. The van der Waals surface area contributed by atoms with E-state index in [9.17, 15) is 9.90 Å². The third-order valence-electron chi connectivity index (χ3n) is 2.15. The first kappa shape index (κ1) is 13.5. The summed E-state index contributed by atoms with van der Waals surface area (Å²) in [5, 5.41) is 9.59. The SMILES string of the molecule is COc1ccc(C(C)=O)c(OCC(C)(C)O)c1. The van der Waals surface area contributed by atoms with Crippen molar-refractivity contribution in [3.05, 3.63) is 23.8 Å². The van der Waals surface area contributed by atoms with Gasteiger partial charge in [-0.25, -0.2) is 0 Å². The van der Waals surface area contributed by atoms with E-state index in [1.807, 2.05) is 0 Å². The summed E-state index contributed by atoms with van der Waals surface area (Å²) in [6.07, 6.45) is 0. The van der Waals surface area contributed by atoms with Crippen molar-refractivity contribution in [3.8, 4) is 11.5 Å². The minimum absolute atomic E-state index is 0.0848. The van der Waals surface area contributed by atoms with Crippen molar-refractivity contribution in [2.45, 2.75) is 26.4 Å². The van der Waals surface area contributed by atoms with E-state index >= 15 is 0 Å². The largest absolute Gasteiger partial charge is 0.497 e. The molecule has 0 fully saturated rings. The molecule has 1 rings (SSSR count). The van der Waals surface area contributed by atoms with Gasteiger partial charge in [0.2, 0.25) is 0 Å². The molecule has 1 aromatic carbocycles. The Morgan fingerprint density at radius 3 is 2.53 bits per heavy atom. The predicted octanol–water partition coefficient (Wildman–Crippen LogP) is 2.05. The maximum Gasteiger partial charge on any atom is 0.163 e. The molecule has 0 amide bonds. The van der Waals surface area contributed by atoms with E-state index in [1.165, 1.54) is 6.92 Å². The van der Waals surface area contributed by atoms with Gasteiger partial charge in [0.1, 0.15) is 18.1 Å². The van der Waals surface area contributed by atoms with Crippen molar-refractivity contribution in [2.75, 3.05) is 13.7 Å². The van der Waals surface area contributed by atoms with Crippen molar-refractivity contribution in [1.29, 1.82) is 0 Å². The molecule has 0 heterocycles. The Hall–Kier alpha value is -1.55. The minimum Gasteiger partial charge on any atom is -0.497 e. The third kappa shape index (κ3) is 4.07. The molecule has 94 valence electrons. The van der Waals surface area contributed by atoms with Crippen LogP contribution >= 0.6 is 0 Å². The van der Waals surface area contributed by atoms with Crippen molar-refractivity contribution in [2.24, 2.45) is 0 Å². The van der Waals surface area contributed by atoms with Crippen LogP contribution in [-0.4, -0.2) is 30.2 Å². The number of Topliss-reactive ketones (excluding diaryl/α,β-unsaturated/α-hetero) is 1. The summed E-state index contributed by atoms with van der Waals surface area (Å²) in [5.74, 6) is 0.957. The molecule has 17 heavy (non-hydrogen) atoms. The van der Waals surface area contributed by atoms with Gasteiger partial charge in [-0.3, -0.25) is 4.79 Å². The molecule has 0 aliphatic heterocycles. The molecule has 0 aliphatic carbocycles. The number of hydrogen-bond donors (Lipinski definition) is 1. The first-order valence-corrected chi connectivity index (χ1v) is 5.37. The molecule has 0 bridgehead atoms. The highest BCUT2D eigenvalue weighted by Crippen LogP contribution is 2.26. The van der Waals surface area contributed by atoms with Crippen LogP contribution < -0.4 is 9.47 Å². The molecule has 0 radical (unpaired) electrons. The van der Waals surface area contributed by atoms with Crippen LogP contribution in [-0.2, 0) is 0 Å². The Morgan fingerprint density at radius 2 is 2.06 bits per heavy atom. The second kappa shape index (κ2) is 5.19. The lowest BCUT2D eigenvalue weighted by Crippen LogP contribution is -2.28. The molecule has 0 spiro atoms. The Morgan fingerprint density at radius 1 is 1.41 bits per heavy atom. The fourth-order valence-corrected chi connectivity index (χ4v) is 1.29. The quantitative estimate of drug-likeness (QED) is 0.798. The van der Waals surface area contributed by atoms with Gasteiger partial charge in [-0.05, 0) is 32.9 Å². The van der Waals surface area contributed by atoms with Crippen molar-refractivity contribution >= 4 is 5.78 Å². The van der Waals surface area contributed by atoms with Gasteiger partial charge in [-0.15, -0.1) is 0 Å². The Balaban J connectivity index is 2.97. The van der Waals surface area contributed by atoms with E-state index in [0.29, 0.717) is 17.1 Å². The average Bonchev–Trinajstić information content (AvgIpc) is 2.24. The highest BCUT2D eigenvalue weighted by molar-refractivity contribution is 5.97. The predicted molar refractivity (Wildman–Crippen MR) is 64.8 cm³/mol. The van der Waals surface area contributed by atoms with Crippen LogP contribution in [0.1, 0.15) is 31.1 Å². The molecule has 0 aliphatic rings. The monoisotopic (exact) mass is 238 g/mol. The molecule has 0 saturated carbocycles. The molecule has 0 aromatic heterocycles. The molecular weight excluding hydrogens is 220 g/mol. The fourth-order valence-electron chi connectivity index (χ4n) is 1.29. The van der Waals surface area contributed by atoms with Crippen LogP contribution in [0.15, 0.2) is 18.2 Å². The van der Waals surface area contributed by atoms with Crippen LogP contribution in [0.25, 0.3) is 0 Å². The number of ether oxygens (including phenoxy) is 2. The molecule has 0 atom stereocenters. The molecule has 0 unspecified atom stereocenters. The van der Waals surface area contributed by atoms with Gasteiger partial charge in [0.05, 0.1) is 18.3 Å². The van der Waals surface area contributed by atoms with Crippen molar-refractivity contribution < 1.29 is 19.4 Å². The number of carbonyl (C=O) groups excluding carboxylic acids is 1. The molecule has 1 aromatic rings. The molecule has 4 heteroatoms. The standard InChI is InChI=1S/C13H18O4/c1-9(14)11-6-5-10(16-4)7-12(11)17-8-13(2,3)15/h5-7,15H,8H2,1-4H3. The first-order chi connectivity index (χ1) is 7.83. The number of aliphatic hydroxyl groups is 1.